The summed E-state index contributed by atoms with van der Waals surface area (Å²) in [6.07, 6.45) is 1.43. The second kappa shape index (κ2) is 5.44. The van der Waals surface area contributed by atoms with Gasteiger partial charge in [-0.3, -0.25) is 0 Å². The number of rotatable bonds is 5. The third-order valence-corrected chi connectivity index (χ3v) is 2.22. The summed E-state index contributed by atoms with van der Waals surface area (Å²) < 4.78 is 5.16. The standard InChI is InChI=1S/C11H16N2O3/c1-4-8-7(3)12-9(5-2)13-11(8)16-6-10(14)15/h4-6H2,1-3H3,(H,14,15). The summed E-state index contributed by atoms with van der Waals surface area (Å²) >= 11 is 0. The largest absolute Gasteiger partial charge is 0.479 e. The molecule has 5 nitrogen and oxygen atoms in total. The lowest BCUT2D eigenvalue weighted by Crippen LogP contribution is -2.13. The van der Waals surface area contributed by atoms with Crippen LogP contribution < -0.4 is 4.74 Å². The molecule has 0 unspecified atom stereocenters. The van der Waals surface area contributed by atoms with Crippen LogP contribution in [0.15, 0.2) is 0 Å². The summed E-state index contributed by atoms with van der Waals surface area (Å²) in [7, 11) is 0. The molecule has 1 rings (SSSR count). The maximum atomic E-state index is 10.4. The van der Waals surface area contributed by atoms with Gasteiger partial charge >= 0.3 is 5.97 Å². The van der Waals surface area contributed by atoms with Gasteiger partial charge in [-0.2, -0.15) is 4.98 Å². The van der Waals surface area contributed by atoms with E-state index in [1.807, 2.05) is 20.8 Å². The van der Waals surface area contributed by atoms with Gasteiger partial charge in [0.05, 0.1) is 0 Å². The van der Waals surface area contributed by atoms with Crippen LogP contribution in [0.4, 0.5) is 0 Å². The summed E-state index contributed by atoms with van der Waals surface area (Å²) in [6.45, 7) is 5.42. The summed E-state index contributed by atoms with van der Waals surface area (Å²) in [5.74, 6) is 0.0701. The van der Waals surface area contributed by atoms with Crippen molar-refractivity contribution in [3.05, 3.63) is 17.1 Å². The van der Waals surface area contributed by atoms with Crippen molar-refractivity contribution in [2.45, 2.75) is 33.6 Å². The van der Waals surface area contributed by atoms with Gasteiger partial charge in [-0.05, 0) is 13.3 Å². The highest BCUT2D eigenvalue weighted by Gasteiger charge is 2.11. The van der Waals surface area contributed by atoms with Gasteiger partial charge in [0.25, 0.3) is 0 Å². The maximum Gasteiger partial charge on any atom is 0.341 e. The molecule has 1 N–H and O–H groups in total. The third-order valence-electron chi connectivity index (χ3n) is 2.22. The van der Waals surface area contributed by atoms with Gasteiger partial charge in [0, 0.05) is 17.7 Å². The number of nitrogens with zero attached hydrogens (tertiary/aromatic N) is 2. The van der Waals surface area contributed by atoms with Crippen LogP contribution in [0.1, 0.15) is 30.9 Å². The second-order valence-corrected chi connectivity index (χ2v) is 3.40. The first-order valence-electron chi connectivity index (χ1n) is 5.29. The van der Waals surface area contributed by atoms with Crippen molar-refractivity contribution in [2.24, 2.45) is 0 Å². The van der Waals surface area contributed by atoms with E-state index in [0.29, 0.717) is 18.1 Å². The molecule has 1 aromatic heterocycles. The van der Waals surface area contributed by atoms with Crippen LogP contribution in [0.2, 0.25) is 0 Å². The van der Waals surface area contributed by atoms with Crippen molar-refractivity contribution < 1.29 is 14.6 Å². The van der Waals surface area contributed by atoms with Crippen molar-refractivity contribution in [1.82, 2.24) is 9.97 Å². The first kappa shape index (κ1) is 12.4. The molecular formula is C11H16N2O3. The van der Waals surface area contributed by atoms with E-state index >= 15 is 0 Å². The number of aromatic nitrogens is 2. The van der Waals surface area contributed by atoms with Gasteiger partial charge in [-0.15, -0.1) is 0 Å². The molecule has 0 fully saturated rings. The smallest absolute Gasteiger partial charge is 0.341 e. The Balaban J connectivity index is 3.02. The molecule has 1 aromatic rings. The van der Waals surface area contributed by atoms with Crippen LogP contribution in [-0.2, 0) is 17.6 Å². The highest BCUT2D eigenvalue weighted by Crippen LogP contribution is 2.19. The summed E-state index contributed by atoms with van der Waals surface area (Å²) in [5.41, 5.74) is 1.73. The number of carbonyl (C=O) groups is 1. The Bertz CT molecular complexity index is 391. The first-order chi connectivity index (χ1) is 7.58. The molecule has 0 saturated carbocycles. The van der Waals surface area contributed by atoms with Crippen LogP contribution in [0.3, 0.4) is 0 Å². The normalized spacial score (nSPS) is 10.2. The number of ether oxygens (including phenoxy) is 1. The van der Waals surface area contributed by atoms with Gasteiger partial charge in [-0.1, -0.05) is 13.8 Å². The molecule has 0 aromatic carbocycles. The fourth-order valence-corrected chi connectivity index (χ4v) is 1.44. The molecule has 16 heavy (non-hydrogen) atoms. The zero-order valence-corrected chi connectivity index (χ0v) is 9.78. The van der Waals surface area contributed by atoms with Crippen molar-refractivity contribution >= 4 is 5.97 Å². The molecule has 0 spiro atoms. The molecule has 0 aliphatic rings. The number of aryl methyl sites for hydroxylation is 2. The lowest BCUT2D eigenvalue weighted by Gasteiger charge is -2.11. The average molecular weight is 224 g/mol. The summed E-state index contributed by atoms with van der Waals surface area (Å²) in [5, 5.41) is 8.57. The number of hydrogen-bond donors (Lipinski definition) is 1. The maximum absolute atomic E-state index is 10.4. The van der Waals surface area contributed by atoms with Gasteiger partial charge in [0.15, 0.2) is 6.61 Å². The van der Waals surface area contributed by atoms with E-state index in [-0.39, 0.29) is 6.61 Å². The zero-order valence-electron chi connectivity index (χ0n) is 9.78. The lowest BCUT2D eigenvalue weighted by molar-refractivity contribution is -0.139. The molecule has 0 bridgehead atoms. The molecule has 0 atom stereocenters. The van der Waals surface area contributed by atoms with Crippen LogP contribution in [0.5, 0.6) is 5.88 Å². The SMILES string of the molecule is CCc1nc(C)c(CC)c(OCC(=O)O)n1. The Morgan fingerprint density at radius 3 is 2.50 bits per heavy atom. The molecule has 88 valence electrons. The van der Waals surface area contributed by atoms with E-state index in [2.05, 4.69) is 9.97 Å². The Labute approximate surface area is 94.5 Å². The number of aliphatic carboxylic acids is 1. The number of hydrogen-bond acceptors (Lipinski definition) is 4. The molecule has 0 aliphatic carbocycles. The molecule has 0 radical (unpaired) electrons. The average Bonchev–Trinajstić information content (AvgIpc) is 2.25. The molecule has 5 heteroatoms. The fraction of sp³-hybridized carbons (Fsp3) is 0.545. The molecule has 0 aliphatic heterocycles. The Kier molecular flexibility index (Phi) is 4.22. The van der Waals surface area contributed by atoms with E-state index in [1.54, 1.807) is 0 Å². The van der Waals surface area contributed by atoms with Gasteiger partial charge in [0.2, 0.25) is 5.88 Å². The minimum atomic E-state index is -1.00. The third kappa shape index (κ3) is 2.92. The Morgan fingerprint density at radius 1 is 1.31 bits per heavy atom. The van der Waals surface area contributed by atoms with Crippen LogP contribution >= 0.6 is 0 Å². The summed E-state index contributed by atoms with van der Waals surface area (Å²) in [4.78, 5) is 19.0. The monoisotopic (exact) mass is 224 g/mol. The highest BCUT2D eigenvalue weighted by atomic mass is 16.5. The predicted molar refractivity (Wildman–Crippen MR) is 58.7 cm³/mol. The van der Waals surface area contributed by atoms with Crippen LogP contribution in [0, 0.1) is 6.92 Å². The van der Waals surface area contributed by atoms with E-state index in [0.717, 1.165) is 17.7 Å². The number of carboxylic acid groups (broad SMARTS) is 1. The lowest BCUT2D eigenvalue weighted by atomic mass is 10.2. The Morgan fingerprint density at radius 2 is 2.00 bits per heavy atom. The quantitative estimate of drug-likeness (QED) is 0.817. The van der Waals surface area contributed by atoms with Gasteiger partial charge in [-0.25, -0.2) is 9.78 Å². The minimum Gasteiger partial charge on any atom is -0.479 e. The molecule has 0 amide bonds. The predicted octanol–water partition coefficient (Wildman–Crippen LogP) is 1.37. The van der Waals surface area contributed by atoms with E-state index < -0.39 is 5.97 Å². The van der Waals surface area contributed by atoms with Crippen molar-refractivity contribution in [2.75, 3.05) is 6.61 Å². The fourth-order valence-electron chi connectivity index (χ4n) is 1.44. The van der Waals surface area contributed by atoms with Crippen LogP contribution in [-0.4, -0.2) is 27.7 Å². The summed E-state index contributed by atoms with van der Waals surface area (Å²) in [6, 6.07) is 0. The highest BCUT2D eigenvalue weighted by molar-refractivity contribution is 5.68. The van der Waals surface area contributed by atoms with E-state index in [1.165, 1.54) is 0 Å². The van der Waals surface area contributed by atoms with Crippen molar-refractivity contribution in [3.8, 4) is 5.88 Å². The van der Waals surface area contributed by atoms with Crippen LogP contribution in [0.25, 0.3) is 0 Å². The second-order valence-electron chi connectivity index (χ2n) is 3.40. The van der Waals surface area contributed by atoms with Gasteiger partial charge < -0.3 is 9.84 Å². The number of carboxylic acids is 1. The molecular weight excluding hydrogens is 208 g/mol. The first-order valence-corrected chi connectivity index (χ1v) is 5.29. The van der Waals surface area contributed by atoms with Crippen molar-refractivity contribution in [1.29, 1.82) is 0 Å². The topological polar surface area (TPSA) is 72.3 Å². The van der Waals surface area contributed by atoms with E-state index in [4.69, 9.17) is 9.84 Å². The minimum absolute atomic E-state index is 0.368. The van der Waals surface area contributed by atoms with Crippen molar-refractivity contribution in [3.63, 3.8) is 0 Å². The van der Waals surface area contributed by atoms with E-state index in [9.17, 15) is 4.79 Å². The molecule has 1 heterocycles. The molecule has 0 saturated heterocycles. The zero-order chi connectivity index (χ0) is 12.1. The Hall–Kier alpha value is -1.65. The van der Waals surface area contributed by atoms with Gasteiger partial charge in [0.1, 0.15) is 5.82 Å².